The molecule has 2 rings (SSSR count). The van der Waals surface area contributed by atoms with Gasteiger partial charge in [0, 0.05) is 25.6 Å². The maximum atomic E-state index is 11.9. The number of aromatic nitrogens is 1. The van der Waals surface area contributed by atoms with Crippen LogP contribution in [0.15, 0.2) is 18.3 Å². The van der Waals surface area contributed by atoms with E-state index in [4.69, 9.17) is 5.11 Å². The first-order valence-corrected chi connectivity index (χ1v) is 5.05. The number of nitrogens with zero attached hydrogens (tertiary/aromatic N) is 2. The van der Waals surface area contributed by atoms with Gasteiger partial charge in [0.2, 0.25) is 0 Å². The standard InChI is InChI=1S/C10H11F3N2O2/c11-10(12,13)17-8-1-2-9(14-3-8)15-4-7(5-15)6-16/h1-3,7,16H,4-6H2. The Hall–Kier alpha value is -1.50. The number of aliphatic hydroxyl groups is 1. The van der Waals surface area contributed by atoms with Crippen molar-refractivity contribution in [2.45, 2.75) is 6.36 Å². The Balaban J connectivity index is 1.95. The summed E-state index contributed by atoms with van der Waals surface area (Å²) < 4.78 is 39.4. The molecule has 1 saturated heterocycles. The van der Waals surface area contributed by atoms with Gasteiger partial charge in [-0.25, -0.2) is 4.98 Å². The monoisotopic (exact) mass is 248 g/mol. The highest BCUT2D eigenvalue weighted by Gasteiger charge is 2.31. The molecular weight excluding hydrogens is 237 g/mol. The first-order valence-electron chi connectivity index (χ1n) is 5.05. The van der Waals surface area contributed by atoms with E-state index in [1.54, 1.807) is 0 Å². The van der Waals surface area contributed by atoms with Gasteiger partial charge < -0.3 is 14.7 Å². The molecule has 0 aliphatic carbocycles. The minimum absolute atomic E-state index is 0.117. The zero-order chi connectivity index (χ0) is 12.5. The molecule has 2 heterocycles. The summed E-state index contributed by atoms with van der Waals surface area (Å²) in [7, 11) is 0. The van der Waals surface area contributed by atoms with Crippen LogP contribution < -0.4 is 9.64 Å². The highest BCUT2D eigenvalue weighted by Crippen LogP contribution is 2.26. The van der Waals surface area contributed by atoms with E-state index >= 15 is 0 Å². The Labute approximate surface area is 95.6 Å². The number of hydrogen-bond acceptors (Lipinski definition) is 4. The number of halogens is 3. The molecule has 1 aromatic heterocycles. The summed E-state index contributed by atoms with van der Waals surface area (Å²) in [5.74, 6) is 0.479. The third kappa shape index (κ3) is 3.00. The molecule has 0 aromatic carbocycles. The lowest BCUT2D eigenvalue weighted by molar-refractivity contribution is -0.274. The molecule has 1 aliphatic heterocycles. The normalized spacial score (nSPS) is 16.8. The second-order valence-corrected chi connectivity index (χ2v) is 3.85. The number of aliphatic hydroxyl groups excluding tert-OH is 1. The van der Waals surface area contributed by atoms with E-state index in [0.29, 0.717) is 18.9 Å². The largest absolute Gasteiger partial charge is 0.573 e. The van der Waals surface area contributed by atoms with Crippen LogP contribution in [0.5, 0.6) is 5.75 Å². The van der Waals surface area contributed by atoms with Gasteiger partial charge in [-0.05, 0) is 12.1 Å². The number of alkyl halides is 3. The van der Waals surface area contributed by atoms with Crippen LogP contribution >= 0.6 is 0 Å². The van der Waals surface area contributed by atoms with E-state index in [0.717, 1.165) is 6.20 Å². The van der Waals surface area contributed by atoms with Crippen molar-refractivity contribution in [3.8, 4) is 5.75 Å². The van der Waals surface area contributed by atoms with Gasteiger partial charge in [-0.2, -0.15) is 0 Å². The van der Waals surface area contributed by atoms with Gasteiger partial charge in [-0.3, -0.25) is 0 Å². The van der Waals surface area contributed by atoms with Gasteiger partial charge in [-0.15, -0.1) is 13.2 Å². The molecule has 1 fully saturated rings. The number of rotatable bonds is 3. The maximum absolute atomic E-state index is 11.9. The van der Waals surface area contributed by atoms with Gasteiger partial charge in [0.05, 0.1) is 6.20 Å². The average molecular weight is 248 g/mol. The highest BCUT2D eigenvalue weighted by atomic mass is 19.4. The van der Waals surface area contributed by atoms with Crippen molar-refractivity contribution in [1.29, 1.82) is 0 Å². The molecule has 0 spiro atoms. The van der Waals surface area contributed by atoms with Gasteiger partial charge in [0.1, 0.15) is 11.6 Å². The molecule has 1 aliphatic rings. The third-order valence-corrected chi connectivity index (χ3v) is 2.49. The van der Waals surface area contributed by atoms with Crippen molar-refractivity contribution in [2.75, 3.05) is 24.6 Å². The molecule has 0 bridgehead atoms. The maximum Gasteiger partial charge on any atom is 0.573 e. The predicted molar refractivity (Wildman–Crippen MR) is 53.7 cm³/mol. The first-order chi connectivity index (χ1) is 7.98. The molecule has 7 heteroatoms. The summed E-state index contributed by atoms with van der Waals surface area (Å²) in [6.45, 7) is 1.46. The van der Waals surface area contributed by atoms with Gasteiger partial charge >= 0.3 is 6.36 Å². The highest BCUT2D eigenvalue weighted by molar-refractivity contribution is 5.43. The van der Waals surface area contributed by atoms with Crippen LogP contribution in [0, 0.1) is 5.92 Å². The molecule has 1 aromatic rings. The number of anilines is 1. The number of pyridine rings is 1. The van der Waals surface area contributed by atoms with Crippen molar-refractivity contribution in [1.82, 2.24) is 4.98 Å². The minimum Gasteiger partial charge on any atom is -0.404 e. The Morgan fingerprint density at radius 1 is 1.41 bits per heavy atom. The van der Waals surface area contributed by atoms with Crippen LogP contribution in [0.4, 0.5) is 19.0 Å². The molecule has 0 radical (unpaired) electrons. The van der Waals surface area contributed by atoms with Crippen LogP contribution in [0.3, 0.4) is 0 Å². The Morgan fingerprint density at radius 2 is 2.12 bits per heavy atom. The molecular formula is C10H11F3N2O2. The fourth-order valence-electron chi connectivity index (χ4n) is 1.63. The lowest BCUT2D eigenvalue weighted by atomic mass is 10.0. The van der Waals surface area contributed by atoms with Crippen LogP contribution in [0.25, 0.3) is 0 Å². The summed E-state index contributed by atoms with van der Waals surface area (Å²) in [5.41, 5.74) is 0. The van der Waals surface area contributed by atoms with Gasteiger partial charge in [0.25, 0.3) is 0 Å². The zero-order valence-corrected chi connectivity index (χ0v) is 8.81. The lowest BCUT2D eigenvalue weighted by Gasteiger charge is -2.39. The summed E-state index contributed by atoms with van der Waals surface area (Å²) in [6.07, 6.45) is -3.66. The van der Waals surface area contributed by atoms with E-state index in [-0.39, 0.29) is 18.3 Å². The molecule has 0 saturated carbocycles. The van der Waals surface area contributed by atoms with Crippen molar-refractivity contribution in [3.63, 3.8) is 0 Å². The Bertz CT molecular complexity index is 374. The summed E-state index contributed by atoms with van der Waals surface area (Å²) >= 11 is 0. The van der Waals surface area contributed by atoms with E-state index in [2.05, 4.69) is 9.72 Å². The van der Waals surface area contributed by atoms with Gasteiger partial charge in [-0.1, -0.05) is 0 Å². The summed E-state index contributed by atoms with van der Waals surface area (Å²) in [4.78, 5) is 5.75. The second kappa shape index (κ2) is 4.40. The number of ether oxygens (including phenoxy) is 1. The molecule has 0 unspecified atom stereocenters. The molecule has 4 nitrogen and oxygen atoms in total. The summed E-state index contributed by atoms with van der Waals surface area (Å²) in [6, 6.07) is 2.69. The summed E-state index contributed by atoms with van der Waals surface area (Å²) in [5, 5.41) is 8.83. The quantitative estimate of drug-likeness (QED) is 0.878. The fraction of sp³-hybridized carbons (Fsp3) is 0.500. The molecule has 0 amide bonds. The lowest BCUT2D eigenvalue weighted by Crippen LogP contribution is -2.48. The van der Waals surface area contributed by atoms with Crippen molar-refractivity contribution < 1.29 is 23.0 Å². The van der Waals surface area contributed by atoms with Crippen LogP contribution in [-0.2, 0) is 0 Å². The smallest absolute Gasteiger partial charge is 0.404 e. The first kappa shape index (κ1) is 12.0. The Kier molecular flexibility index (Phi) is 3.10. The van der Waals surface area contributed by atoms with Crippen LogP contribution in [0.2, 0.25) is 0 Å². The van der Waals surface area contributed by atoms with E-state index in [1.165, 1.54) is 12.1 Å². The molecule has 0 atom stereocenters. The third-order valence-electron chi connectivity index (χ3n) is 2.49. The van der Waals surface area contributed by atoms with E-state index in [1.807, 2.05) is 4.90 Å². The minimum atomic E-state index is -4.69. The topological polar surface area (TPSA) is 45.6 Å². The van der Waals surface area contributed by atoms with Crippen molar-refractivity contribution in [3.05, 3.63) is 18.3 Å². The molecule has 17 heavy (non-hydrogen) atoms. The van der Waals surface area contributed by atoms with Gasteiger partial charge in [0.15, 0.2) is 0 Å². The predicted octanol–water partition coefficient (Wildman–Crippen LogP) is 1.41. The van der Waals surface area contributed by atoms with Crippen molar-refractivity contribution in [2.24, 2.45) is 5.92 Å². The average Bonchev–Trinajstić information content (AvgIpc) is 2.16. The Morgan fingerprint density at radius 3 is 2.59 bits per heavy atom. The fourth-order valence-corrected chi connectivity index (χ4v) is 1.63. The second-order valence-electron chi connectivity index (χ2n) is 3.85. The van der Waals surface area contributed by atoms with E-state index in [9.17, 15) is 13.2 Å². The SMILES string of the molecule is OCC1CN(c2ccc(OC(F)(F)F)cn2)C1. The molecule has 94 valence electrons. The van der Waals surface area contributed by atoms with E-state index < -0.39 is 6.36 Å². The van der Waals surface area contributed by atoms with Crippen LogP contribution in [-0.4, -0.2) is 36.1 Å². The van der Waals surface area contributed by atoms with Crippen molar-refractivity contribution >= 4 is 5.82 Å². The number of hydrogen-bond donors (Lipinski definition) is 1. The zero-order valence-electron chi connectivity index (χ0n) is 8.81. The molecule has 1 N–H and O–H groups in total. The van der Waals surface area contributed by atoms with Crippen LogP contribution in [0.1, 0.15) is 0 Å².